The number of benzene rings is 1. The molecule has 2 fully saturated rings. The van der Waals surface area contributed by atoms with Gasteiger partial charge >= 0.3 is 0 Å². The van der Waals surface area contributed by atoms with Crippen molar-refractivity contribution in [3.8, 4) is 0 Å². The lowest BCUT2D eigenvalue weighted by Gasteiger charge is -2.22. The standard InChI is InChI=1S/C14H20BrN3/c1-10-11(9-17-18-10)8-16-14(6-7-14)12-2-4-13(15)5-3-12/h2-5,10-11,16-18H,6-9H2,1H3. The molecule has 0 bridgehead atoms. The fourth-order valence-electron chi connectivity index (χ4n) is 2.68. The molecule has 3 rings (SSSR count). The number of hydrogen-bond donors (Lipinski definition) is 3. The van der Waals surface area contributed by atoms with Crippen LogP contribution < -0.4 is 16.2 Å². The van der Waals surface area contributed by atoms with Crippen LogP contribution in [-0.2, 0) is 5.54 Å². The van der Waals surface area contributed by atoms with Gasteiger partial charge in [-0.15, -0.1) is 0 Å². The Labute approximate surface area is 117 Å². The molecular weight excluding hydrogens is 290 g/mol. The van der Waals surface area contributed by atoms with Crippen molar-refractivity contribution in [1.29, 1.82) is 0 Å². The largest absolute Gasteiger partial charge is 0.307 e. The smallest absolute Gasteiger partial charge is 0.0436 e. The Morgan fingerprint density at radius 3 is 2.61 bits per heavy atom. The second-order valence-electron chi connectivity index (χ2n) is 5.54. The van der Waals surface area contributed by atoms with Crippen LogP contribution in [0.3, 0.4) is 0 Å². The maximum Gasteiger partial charge on any atom is 0.0436 e. The summed E-state index contributed by atoms with van der Waals surface area (Å²) in [6.07, 6.45) is 2.52. The van der Waals surface area contributed by atoms with Gasteiger partial charge in [0.25, 0.3) is 0 Å². The maximum atomic E-state index is 3.78. The minimum Gasteiger partial charge on any atom is -0.307 e. The van der Waals surface area contributed by atoms with Gasteiger partial charge in [0, 0.05) is 35.1 Å². The van der Waals surface area contributed by atoms with E-state index in [0.29, 0.717) is 12.0 Å². The van der Waals surface area contributed by atoms with Crippen LogP contribution in [-0.4, -0.2) is 19.1 Å². The van der Waals surface area contributed by atoms with Crippen molar-refractivity contribution < 1.29 is 0 Å². The Kier molecular flexibility index (Phi) is 3.45. The number of hydrogen-bond acceptors (Lipinski definition) is 3. The first-order valence-corrected chi connectivity index (χ1v) is 7.48. The zero-order valence-corrected chi connectivity index (χ0v) is 12.3. The molecule has 0 spiro atoms. The molecule has 3 nitrogen and oxygen atoms in total. The van der Waals surface area contributed by atoms with Gasteiger partial charge in [-0.05, 0) is 37.5 Å². The number of rotatable bonds is 4. The van der Waals surface area contributed by atoms with Crippen molar-refractivity contribution >= 4 is 15.9 Å². The highest BCUT2D eigenvalue weighted by Crippen LogP contribution is 2.45. The zero-order chi connectivity index (χ0) is 12.6. The van der Waals surface area contributed by atoms with Crippen molar-refractivity contribution in [3.05, 3.63) is 34.3 Å². The van der Waals surface area contributed by atoms with E-state index < -0.39 is 0 Å². The Hall–Kier alpha value is -0.420. The quantitative estimate of drug-likeness (QED) is 0.797. The zero-order valence-electron chi connectivity index (χ0n) is 10.7. The van der Waals surface area contributed by atoms with Gasteiger partial charge in [0.1, 0.15) is 0 Å². The van der Waals surface area contributed by atoms with Gasteiger partial charge in [-0.1, -0.05) is 28.1 Å². The second-order valence-corrected chi connectivity index (χ2v) is 6.46. The molecule has 0 radical (unpaired) electrons. The predicted octanol–water partition coefficient (Wildman–Crippen LogP) is 2.14. The summed E-state index contributed by atoms with van der Waals surface area (Å²) in [4.78, 5) is 0. The van der Waals surface area contributed by atoms with E-state index in [1.807, 2.05) is 0 Å². The average molecular weight is 310 g/mol. The molecule has 1 aromatic rings. The van der Waals surface area contributed by atoms with Crippen molar-refractivity contribution in [2.24, 2.45) is 5.92 Å². The third-order valence-corrected chi connectivity index (χ3v) is 4.78. The topological polar surface area (TPSA) is 36.1 Å². The first-order valence-electron chi connectivity index (χ1n) is 6.69. The Morgan fingerprint density at radius 1 is 1.33 bits per heavy atom. The molecule has 1 aliphatic heterocycles. The summed E-state index contributed by atoms with van der Waals surface area (Å²) < 4.78 is 1.15. The third-order valence-electron chi connectivity index (χ3n) is 4.25. The van der Waals surface area contributed by atoms with Gasteiger partial charge in [-0.2, -0.15) is 0 Å². The number of hydrazine groups is 1. The van der Waals surface area contributed by atoms with Crippen LogP contribution in [0.25, 0.3) is 0 Å². The number of halogens is 1. The lowest BCUT2D eigenvalue weighted by atomic mass is 10.0. The first kappa shape index (κ1) is 12.6. The lowest BCUT2D eigenvalue weighted by Crippen LogP contribution is -2.37. The fraction of sp³-hybridized carbons (Fsp3) is 0.571. The molecule has 1 aliphatic carbocycles. The summed E-state index contributed by atoms with van der Waals surface area (Å²) >= 11 is 3.50. The van der Waals surface area contributed by atoms with Crippen LogP contribution in [0.15, 0.2) is 28.7 Å². The third kappa shape index (κ3) is 2.48. The van der Waals surface area contributed by atoms with E-state index in [4.69, 9.17) is 0 Å². The molecule has 1 aromatic carbocycles. The van der Waals surface area contributed by atoms with E-state index >= 15 is 0 Å². The van der Waals surface area contributed by atoms with Crippen LogP contribution in [0, 0.1) is 5.92 Å². The van der Waals surface area contributed by atoms with Crippen LogP contribution in [0.1, 0.15) is 25.3 Å². The van der Waals surface area contributed by atoms with E-state index in [9.17, 15) is 0 Å². The molecule has 4 heteroatoms. The molecule has 98 valence electrons. The van der Waals surface area contributed by atoms with Gasteiger partial charge in [-0.3, -0.25) is 10.9 Å². The van der Waals surface area contributed by atoms with Crippen LogP contribution in [0.5, 0.6) is 0 Å². The SMILES string of the molecule is CC1NNCC1CNC1(c2ccc(Br)cc2)CC1. The molecule has 1 saturated carbocycles. The van der Waals surface area contributed by atoms with Gasteiger partial charge in [0.2, 0.25) is 0 Å². The normalized spacial score (nSPS) is 29.4. The molecule has 2 unspecified atom stereocenters. The van der Waals surface area contributed by atoms with Crippen molar-refractivity contribution in [2.75, 3.05) is 13.1 Å². The molecule has 2 atom stereocenters. The highest BCUT2D eigenvalue weighted by atomic mass is 79.9. The van der Waals surface area contributed by atoms with E-state index in [2.05, 4.69) is 63.3 Å². The Morgan fingerprint density at radius 2 is 2.06 bits per heavy atom. The number of nitrogens with one attached hydrogen (secondary N) is 3. The van der Waals surface area contributed by atoms with Crippen LogP contribution in [0.4, 0.5) is 0 Å². The summed E-state index contributed by atoms with van der Waals surface area (Å²) in [7, 11) is 0. The lowest BCUT2D eigenvalue weighted by molar-refractivity contribution is 0.408. The predicted molar refractivity (Wildman–Crippen MR) is 77.1 cm³/mol. The minimum absolute atomic E-state index is 0.253. The monoisotopic (exact) mass is 309 g/mol. The maximum absolute atomic E-state index is 3.78. The van der Waals surface area contributed by atoms with Crippen molar-refractivity contribution in [2.45, 2.75) is 31.3 Å². The van der Waals surface area contributed by atoms with E-state index in [-0.39, 0.29) is 5.54 Å². The molecule has 0 aromatic heterocycles. The van der Waals surface area contributed by atoms with E-state index in [0.717, 1.165) is 17.6 Å². The summed E-state index contributed by atoms with van der Waals surface area (Å²) in [5, 5.41) is 3.78. The van der Waals surface area contributed by atoms with E-state index in [1.54, 1.807) is 0 Å². The van der Waals surface area contributed by atoms with Gasteiger partial charge in [0.05, 0.1) is 0 Å². The van der Waals surface area contributed by atoms with Crippen LogP contribution >= 0.6 is 15.9 Å². The average Bonchev–Trinajstić information content (AvgIpc) is 3.05. The minimum atomic E-state index is 0.253. The van der Waals surface area contributed by atoms with Gasteiger partial charge in [-0.25, -0.2) is 0 Å². The summed E-state index contributed by atoms with van der Waals surface area (Å²) in [6.45, 7) is 4.38. The highest BCUT2D eigenvalue weighted by Gasteiger charge is 2.44. The molecule has 2 aliphatic rings. The summed E-state index contributed by atoms with van der Waals surface area (Å²) in [5.41, 5.74) is 8.19. The molecule has 3 N–H and O–H groups in total. The van der Waals surface area contributed by atoms with Gasteiger partial charge in [0.15, 0.2) is 0 Å². The molecular formula is C14H20BrN3. The first-order chi connectivity index (χ1) is 8.70. The molecule has 1 heterocycles. The molecule has 18 heavy (non-hydrogen) atoms. The summed E-state index contributed by atoms with van der Waals surface area (Å²) in [5.74, 6) is 0.679. The van der Waals surface area contributed by atoms with E-state index in [1.165, 1.54) is 18.4 Å². The van der Waals surface area contributed by atoms with Crippen molar-refractivity contribution in [1.82, 2.24) is 16.2 Å². The van der Waals surface area contributed by atoms with Crippen LogP contribution in [0.2, 0.25) is 0 Å². The fourth-order valence-corrected chi connectivity index (χ4v) is 2.95. The molecule has 1 saturated heterocycles. The molecule has 0 amide bonds. The van der Waals surface area contributed by atoms with Gasteiger partial charge < -0.3 is 5.32 Å². The Balaban J connectivity index is 1.63. The van der Waals surface area contributed by atoms with Crippen molar-refractivity contribution in [3.63, 3.8) is 0 Å². The summed E-state index contributed by atoms with van der Waals surface area (Å²) in [6, 6.07) is 9.30. The Bertz CT molecular complexity index is 414. The second kappa shape index (κ2) is 4.93. The highest BCUT2D eigenvalue weighted by molar-refractivity contribution is 9.10.